The molecule has 21 heavy (non-hydrogen) atoms. The number of carbonyl (C=O) groups excluding carboxylic acids is 1. The maximum Gasteiger partial charge on any atom is 0.247 e. The molecule has 0 saturated carbocycles. The highest BCUT2D eigenvalue weighted by Gasteiger charge is 2.46. The summed E-state index contributed by atoms with van der Waals surface area (Å²) in [6.45, 7) is 0. The van der Waals surface area contributed by atoms with Crippen LogP contribution in [0.3, 0.4) is 0 Å². The number of ether oxygens (including phenoxy) is 1. The molecule has 1 aliphatic rings. The Bertz CT molecular complexity index is 672. The number of amides is 1. The first-order valence-electron chi connectivity index (χ1n) is 6.60. The number of halogens is 1. The van der Waals surface area contributed by atoms with E-state index < -0.39 is 6.04 Å². The molecule has 108 valence electrons. The number of nitrogens with two attached hydrogens (primary N) is 1. The van der Waals surface area contributed by atoms with Crippen molar-refractivity contribution in [3.63, 3.8) is 0 Å². The molecule has 5 heteroatoms. The van der Waals surface area contributed by atoms with Gasteiger partial charge in [-0.2, -0.15) is 0 Å². The summed E-state index contributed by atoms with van der Waals surface area (Å²) < 4.78 is 6.22. The lowest BCUT2D eigenvalue weighted by Gasteiger charge is -2.45. The molecule has 2 N–H and O–H groups in total. The predicted molar refractivity (Wildman–Crippen MR) is 85.3 cm³/mol. The Morgan fingerprint density at radius 1 is 1.19 bits per heavy atom. The summed E-state index contributed by atoms with van der Waals surface area (Å²) in [5.74, 6) is 0.694. The second-order valence-corrected chi connectivity index (χ2v) is 5.85. The van der Waals surface area contributed by atoms with Crippen LogP contribution in [0, 0.1) is 0 Å². The van der Waals surface area contributed by atoms with E-state index >= 15 is 0 Å². The summed E-state index contributed by atoms with van der Waals surface area (Å²) in [6.07, 6.45) is 0. The van der Waals surface area contributed by atoms with Crippen molar-refractivity contribution in [2.45, 2.75) is 12.1 Å². The minimum Gasteiger partial charge on any atom is -0.497 e. The highest BCUT2D eigenvalue weighted by atomic mass is 79.9. The summed E-state index contributed by atoms with van der Waals surface area (Å²) in [5.41, 5.74) is 7.83. The van der Waals surface area contributed by atoms with E-state index in [1.165, 1.54) is 0 Å². The second-order valence-electron chi connectivity index (χ2n) is 4.93. The lowest BCUT2D eigenvalue weighted by molar-refractivity contribution is -0.126. The first kappa shape index (κ1) is 14.1. The number of carbonyl (C=O) groups is 1. The van der Waals surface area contributed by atoms with Gasteiger partial charge in [-0.3, -0.25) is 4.79 Å². The maximum atomic E-state index is 12.1. The van der Waals surface area contributed by atoms with Gasteiger partial charge in [-0.15, -0.1) is 0 Å². The highest BCUT2D eigenvalue weighted by Crippen LogP contribution is 2.39. The van der Waals surface area contributed by atoms with E-state index in [0.29, 0.717) is 0 Å². The summed E-state index contributed by atoms with van der Waals surface area (Å²) in [5, 5.41) is 0. The topological polar surface area (TPSA) is 55.6 Å². The molecule has 2 unspecified atom stereocenters. The third-order valence-corrected chi connectivity index (χ3v) is 4.21. The van der Waals surface area contributed by atoms with Crippen LogP contribution in [0.2, 0.25) is 0 Å². The van der Waals surface area contributed by atoms with E-state index in [1.807, 2.05) is 48.5 Å². The average molecular weight is 347 g/mol. The molecule has 2 aromatic carbocycles. The van der Waals surface area contributed by atoms with Crippen molar-refractivity contribution in [2.24, 2.45) is 5.73 Å². The number of methoxy groups -OCH3 is 1. The van der Waals surface area contributed by atoms with Gasteiger partial charge in [0.05, 0.1) is 13.2 Å². The van der Waals surface area contributed by atoms with Gasteiger partial charge in [0.15, 0.2) is 0 Å². The number of β-lactam (4-membered cyclic amide) rings is 1. The van der Waals surface area contributed by atoms with Crippen LogP contribution in [-0.4, -0.2) is 19.1 Å². The van der Waals surface area contributed by atoms with Crippen molar-refractivity contribution < 1.29 is 9.53 Å². The number of rotatable bonds is 3. The maximum absolute atomic E-state index is 12.1. The molecule has 0 bridgehead atoms. The van der Waals surface area contributed by atoms with Gasteiger partial charge in [-0.1, -0.05) is 28.1 Å². The zero-order valence-corrected chi connectivity index (χ0v) is 13.1. The van der Waals surface area contributed by atoms with E-state index in [9.17, 15) is 4.79 Å². The zero-order chi connectivity index (χ0) is 15.0. The predicted octanol–water partition coefficient (Wildman–Crippen LogP) is 2.87. The van der Waals surface area contributed by atoms with Crippen molar-refractivity contribution in [3.05, 3.63) is 58.6 Å². The Labute approximate surface area is 131 Å². The molecule has 2 atom stereocenters. The summed E-state index contributed by atoms with van der Waals surface area (Å²) in [4.78, 5) is 13.9. The summed E-state index contributed by atoms with van der Waals surface area (Å²) in [6, 6.07) is 14.6. The van der Waals surface area contributed by atoms with Gasteiger partial charge in [0.2, 0.25) is 5.91 Å². The molecule has 1 saturated heterocycles. The van der Waals surface area contributed by atoms with Crippen molar-refractivity contribution in [1.82, 2.24) is 0 Å². The van der Waals surface area contributed by atoms with E-state index in [2.05, 4.69) is 15.9 Å². The van der Waals surface area contributed by atoms with Crippen molar-refractivity contribution in [2.75, 3.05) is 12.0 Å². The number of hydrogen-bond donors (Lipinski definition) is 1. The molecular formula is C16H15BrN2O2. The lowest BCUT2D eigenvalue weighted by atomic mass is 9.88. The minimum absolute atomic E-state index is 0.0647. The minimum atomic E-state index is -0.513. The van der Waals surface area contributed by atoms with Gasteiger partial charge in [-0.05, 0) is 42.0 Å². The third kappa shape index (κ3) is 2.43. The van der Waals surface area contributed by atoms with Gasteiger partial charge in [0.25, 0.3) is 0 Å². The molecule has 1 fully saturated rings. The highest BCUT2D eigenvalue weighted by molar-refractivity contribution is 9.10. The monoisotopic (exact) mass is 346 g/mol. The smallest absolute Gasteiger partial charge is 0.247 e. The largest absolute Gasteiger partial charge is 0.497 e. The fraction of sp³-hybridized carbons (Fsp3) is 0.188. The normalized spacial score (nSPS) is 21.1. The van der Waals surface area contributed by atoms with E-state index in [0.717, 1.165) is 21.5 Å². The Hall–Kier alpha value is -1.85. The van der Waals surface area contributed by atoms with Crippen LogP contribution in [0.15, 0.2) is 53.0 Å². The van der Waals surface area contributed by atoms with Crippen LogP contribution in [0.1, 0.15) is 11.6 Å². The molecule has 1 amide bonds. The van der Waals surface area contributed by atoms with Crippen molar-refractivity contribution in [3.8, 4) is 5.75 Å². The van der Waals surface area contributed by atoms with Crippen LogP contribution >= 0.6 is 15.9 Å². The first-order valence-corrected chi connectivity index (χ1v) is 7.39. The van der Waals surface area contributed by atoms with Crippen LogP contribution in [0.5, 0.6) is 5.75 Å². The fourth-order valence-corrected chi connectivity index (χ4v) is 2.85. The van der Waals surface area contributed by atoms with Gasteiger partial charge in [0, 0.05) is 10.2 Å². The van der Waals surface area contributed by atoms with Crippen LogP contribution in [-0.2, 0) is 4.79 Å². The number of anilines is 1. The number of nitrogens with zero attached hydrogens (tertiary/aromatic N) is 1. The van der Waals surface area contributed by atoms with Crippen LogP contribution in [0.25, 0.3) is 0 Å². The molecule has 4 nitrogen and oxygen atoms in total. The molecule has 0 aliphatic carbocycles. The van der Waals surface area contributed by atoms with Crippen molar-refractivity contribution in [1.29, 1.82) is 0 Å². The molecule has 2 aromatic rings. The fourth-order valence-electron chi connectivity index (χ4n) is 2.58. The SMILES string of the molecule is COc1cccc(C2C(N)C(=O)N2c2ccc(Br)cc2)c1. The Balaban J connectivity index is 1.96. The second kappa shape index (κ2) is 5.50. The molecule has 1 heterocycles. The van der Waals surface area contributed by atoms with Crippen molar-refractivity contribution >= 4 is 27.5 Å². The third-order valence-electron chi connectivity index (χ3n) is 3.68. The molecular weight excluding hydrogens is 332 g/mol. The Morgan fingerprint density at radius 2 is 1.90 bits per heavy atom. The molecule has 1 aliphatic heterocycles. The van der Waals surface area contributed by atoms with Gasteiger partial charge in [0.1, 0.15) is 11.8 Å². The number of hydrogen-bond acceptors (Lipinski definition) is 3. The van der Waals surface area contributed by atoms with Crippen LogP contribution < -0.4 is 15.4 Å². The first-order chi connectivity index (χ1) is 10.1. The lowest BCUT2D eigenvalue weighted by Crippen LogP contribution is -2.63. The van der Waals surface area contributed by atoms with Gasteiger partial charge < -0.3 is 15.4 Å². The van der Waals surface area contributed by atoms with Gasteiger partial charge in [-0.25, -0.2) is 0 Å². The van der Waals surface area contributed by atoms with E-state index in [-0.39, 0.29) is 11.9 Å². The molecule has 0 aromatic heterocycles. The Kier molecular flexibility index (Phi) is 3.69. The zero-order valence-electron chi connectivity index (χ0n) is 11.5. The van der Waals surface area contributed by atoms with Crippen LogP contribution in [0.4, 0.5) is 5.69 Å². The quantitative estimate of drug-likeness (QED) is 0.869. The molecule has 0 radical (unpaired) electrons. The molecule has 3 rings (SSSR count). The van der Waals surface area contributed by atoms with E-state index in [4.69, 9.17) is 10.5 Å². The standard InChI is InChI=1S/C16H15BrN2O2/c1-21-13-4-2-3-10(9-13)15-14(18)16(20)19(15)12-7-5-11(17)6-8-12/h2-9,14-15H,18H2,1H3. The summed E-state index contributed by atoms with van der Waals surface area (Å²) in [7, 11) is 1.62. The molecule has 0 spiro atoms. The van der Waals surface area contributed by atoms with E-state index in [1.54, 1.807) is 12.0 Å². The Morgan fingerprint density at radius 3 is 2.57 bits per heavy atom. The average Bonchev–Trinajstić information content (AvgIpc) is 2.52. The summed E-state index contributed by atoms with van der Waals surface area (Å²) >= 11 is 3.40. The van der Waals surface area contributed by atoms with Gasteiger partial charge >= 0.3 is 0 Å². The number of benzene rings is 2.